The predicted molar refractivity (Wildman–Crippen MR) is 37.9 cm³/mol. The van der Waals surface area contributed by atoms with Crippen molar-refractivity contribution in [2.24, 2.45) is 0 Å². The molecule has 1 rings (SSSR count). The number of hydrogen-bond donors (Lipinski definition) is 0. The van der Waals surface area contributed by atoms with E-state index < -0.39 is 5.43 Å². The minimum Gasteiger partial charge on any atom is -0.392 e. The van der Waals surface area contributed by atoms with Gasteiger partial charge in [0.2, 0.25) is 0 Å². The lowest BCUT2D eigenvalue weighted by Crippen LogP contribution is -1.95. The van der Waals surface area contributed by atoms with Crippen molar-refractivity contribution in [1.82, 2.24) is 5.16 Å². The second kappa shape index (κ2) is 3.59. The van der Waals surface area contributed by atoms with E-state index in [0.717, 1.165) is 0 Å². The molecule has 0 saturated heterocycles. The summed E-state index contributed by atoms with van der Waals surface area (Å²) in [5.74, 6) is 0.604. The number of ether oxygens (including phenoxy) is 1. The van der Waals surface area contributed by atoms with Crippen molar-refractivity contribution >= 4 is 28.6 Å². The van der Waals surface area contributed by atoms with E-state index in [1.54, 1.807) is 0 Å². The Balaban J connectivity index is 2.65. The zero-order chi connectivity index (χ0) is 8.27. The molecule has 0 radical (unpaired) electrons. The smallest absolute Gasteiger partial charge is 0.392 e. The Labute approximate surface area is 72.0 Å². The fourth-order valence-corrected chi connectivity index (χ4v) is 0.692. The third kappa shape index (κ3) is 2.40. The van der Waals surface area contributed by atoms with Crippen molar-refractivity contribution in [3.05, 3.63) is 11.8 Å². The van der Waals surface area contributed by atoms with Crippen molar-refractivity contribution < 1.29 is 14.1 Å². The number of carbonyl (C=O) groups is 1. The molecule has 0 saturated carbocycles. The Morgan fingerprint density at radius 2 is 2.55 bits per heavy atom. The minimum atomic E-state index is -0.959. The van der Waals surface area contributed by atoms with Gasteiger partial charge in [0, 0.05) is 17.7 Å². The normalized spacial score (nSPS) is 9.64. The molecule has 4 nitrogen and oxygen atoms in total. The molecular formula is C5H3Cl2NO3. The van der Waals surface area contributed by atoms with E-state index in [9.17, 15) is 4.79 Å². The van der Waals surface area contributed by atoms with Crippen molar-refractivity contribution in [2.75, 3.05) is 0 Å². The van der Waals surface area contributed by atoms with Gasteiger partial charge in [0.25, 0.3) is 5.88 Å². The highest BCUT2D eigenvalue weighted by Gasteiger charge is 2.06. The van der Waals surface area contributed by atoms with E-state index in [0.29, 0.717) is 5.76 Å². The molecule has 0 aliphatic heterocycles. The zero-order valence-corrected chi connectivity index (χ0v) is 6.72. The maximum Gasteiger partial charge on any atom is 0.410 e. The first-order valence-electron chi connectivity index (χ1n) is 2.61. The number of hydrogen-bond acceptors (Lipinski definition) is 4. The van der Waals surface area contributed by atoms with Crippen molar-refractivity contribution in [2.45, 2.75) is 5.88 Å². The number of nitrogens with zero attached hydrogens (tertiary/aromatic N) is 1. The van der Waals surface area contributed by atoms with Crippen LogP contribution >= 0.6 is 23.2 Å². The molecule has 0 atom stereocenters. The highest BCUT2D eigenvalue weighted by atomic mass is 35.5. The lowest BCUT2D eigenvalue weighted by atomic mass is 10.5. The molecule has 0 N–H and O–H groups in total. The van der Waals surface area contributed by atoms with Gasteiger partial charge in [0.15, 0.2) is 5.76 Å². The molecule has 0 spiro atoms. The number of halogens is 2. The number of carbonyl (C=O) groups excluding carboxylic acids is 1. The molecular weight excluding hydrogens is 193 g/mol. The van der Waals surface area contributed by atoms with Crippen LogP contribution in [0.25, 0.3) is 0 Å². The molecule has 1 aromatic rings. The molecule has 0 amide bonds. The number of rotatable bonds is 2. The summed E-state index contributed by atoms with van der Waals surface area (Å²) in [6.07, 6.45) is 0. The first-order valence-corrected chi connectivity index (χ1v) is 3.52. The molecule has 0 aromatic carbocycles. The van der Waals surface area contributed by atoms with Crippen LogP contribution in [0.5, 0.6) is 5.88 Å². The molecule has 6 heteroatoms. The molecule has 0 unspecified atom stereocenters. The van der Waals surface area contributed by atoms with Crippen LogP contribution in [0.1, 0.15) is 5.76 Å². The predicted octanol–water partition coefficient (Wildman–Crippen LogP) is 2.15. The Bertz CT molecular complexity index is 260. The first-order chi connectivity index (χ1) is 5.22. The SMILES string of the molecule is O=C(Cl)Oc1cc(CCl)on1. The molecule has 0 aliphatic rings. The monoisotopic (exact) mass is 195 g/mol. The molecule has 0 aliphatic carbocycles. The van der Waals surface area contributed by atoms with Crippen LogP contribution in [0.2, 0.25) is 0 Å². The van der Waals surface area contributed by atoms with E-state index in [1.165, 1.54) is 6.07 Å². The maximum atomic E-state index is 10.1. The summed E-state index contributed by atoms with van der Waals surface area (Å²) in [7, 11) is 0. The summed E-state index contributed by atoms with van der Waals surface area (Å²) >= 11 is 10.3. The van der Waals surface area contributed by atoms with Crippen LogP contribution in [0.15, 0.2) is 10.6 Å². The minimum absolute atomic E-state index is 0.0145. The third-order valence-corrected chi connectivity index (χ3v) is 1.19. The quantitative estimate of drug-likeness (QED) is 0.537. The van der Waals surface area contributed by atoms with Crippen LogP contribution in [0.3, 0.4) is 0 Å². The molecule has 11 heavy (non-hydrogen) atoms. The Morgan fingerprint density at radius 1 is 1.82 bits per heavy atom. The summed E-state index contributed by atoms with van der Waals surface area (Å²) in [5, 5.41) is 3.34. The largest absolute Gasteiger partial charge is 0.410 e. The fourth-order valence-electron chi connectivity index (χ4n) is 0.487. The van der Waals surface area contributed by atoms with Gasteiger partial charge in [-0.15, -0.1) is 11.6 Å². The highest BCUT2D eigenvalue weighted by Crippen LogP contribution is 2.13. The van der Waals surface area contributed by atoms with E-state index in [1.807, 2.05) is 0 Å². The van der Waals surface area contributed by atoms with E-state index >= 15 is 0 Å². The van der Waals surface area contributed by atoms with Crippen LogP contribution in [-0.4, -0.2) is 10.6 Å². The molecule has 0 bridgehead atoms. The second-order valence-corrected chi connectivity index (χ2v) is 2.18. The average molecular weight is 196 g/mol. The first kappa shape index (κ1) is 8.36. The van der Waals surface area contributed by atoms with Crippen LogP contribution in [-0.2, 0) is 5.88 Å². The lowest BCUT2D eigenvalue weighted by Gasteiger charge is -1.87. The van der Waals surface area contributed by atoms with Gasteiger partial charge in [-0.3, -0.25) is 0 Å². The molecule has 1 heterocycles. The van der Waals surface area contributed by atoms with E-state index in [4.69, 9.17) is 23.2 Å². The van der Waals surface area contributed by atoms with Gasteiger partial charge in [-0.2, -0.15) is 0 Å². The molecule has 0 fully saturated rings. The van der Waals surface area contributed by atoms with Crippen molar-refractivity contribution in [1.29, 1.82) is 0 Å². The molecule has 1 aromatic heterocycles. The summed E-state index contributed by atoms with van der Waals surface area (Å²) in [4.78, 5) is 10.1. The summed E-state index contributed by atoms with van der Waals surface area (Å²) in [5.41, 5.74) is -0.959. The van der Waals surface area contributed by atoms with Gasteiger partial charge >= 0.3 is 5.43 Å². The van der Waals surface area contributed by atoms with Crippen LogP contribution < -0.4 is 4.74 Å². The molecule has 60 valence electrons. The maximum absolute atomic E-state index is 10.1. The fraction of sp³-hybridized carbons (Fsp3) is 0.200. The van der Waals surface area contributed by atoms with Crippen molar-refractivity contribution in [3.63, 3.8) is 0 Å². The average Bonchev–Trinajstić information content (AvgIpc) is 2.34. The third-order valence-electron chi connectivity index (χ3n) is 0.854. The van der Waals surface area contributed by atoms with Gasteiger partial charge in [0.1, 0.15) is 0 Å². The van der Waals surface area contributed by atoms with Gasteiger partial charge < -0.3 is 9.26 Å². The topological polar surface area (TPSA) is 52.3 Å². The summed E-state index contributed by atoms with van der Waals surface area (Å²) in [6, 6.07) is 1.38. The summed E-state index contributed by atoms with van der Waals surface area (Å²) in [6.45, 7) is 0. The van der Waals surface area contributed by atoms with E-state index in [-0.39, 0.29) is 11.8 Å². The number of alkyl halides is 1. The Morgan fingerprint density at radius 3 is 3.00 bits per heavy atom. The zero-order valence-electron chi connectivity index (χ0n) is 5.21. The van der Waals surface area contributed by atoms with Gasteiger partial charge in [-0.25, -0.2) is 4.79 Å². The Hall–Kier alpha value is -0.740. The number of aromatic nitrogens is 1. The standard InChI is InChI=1S/C5H3Cl2NO3/c6-2-3-1-4(8-11-3)10-5(7)9/h1H,2H2. The van der Waals surface area contributed by atoms with E-state index in [2.05, 4.69) is 14.4 Å². The second-order valence-electron chi connectivity index (χ2n) is 1.60. The van der Waals surface area contributed by atoms with Crippen LogP contribution in [0.4, 0.5) is 4.79 Å². The van der Waals surface area contributed by atoms with Crippen molar-refractivity contribution in [3.8, 4) is 5.88 Å². The highest BCUT2D eigenvalue weighted by molar-refractivity contribution is 6.61. The van der Waals surface area contributed by atoms with Gasteiger partial charge in [-0.05, 0) is 5.16 Å². The lowest BCUT2D eigenvalue weighted by molar-refractivity contribution is 0.220. The van der Waals surface area contributed by atoms with Gasteiger partial charge in [-0.1, -0.05) is 0 Å². The van der Waals surface area contributed by atoms with Gasteiger partial charge in [0.05, 0.1) is 5.88 Å². The Kier molecular flexibility index (Phi) is 2.73. The van der Waals surface area contributed by atoms with Crippen LogP contribution in [0, 0.1) is 0 Å². The summed E-state index contributed by atoms with van der Waals surface area (Å²) < 4.78 is 8.96.